The summed E-state index contributed by atoms with van der Waals surface area (Å²) in [5.74, 6) is -1.86. The highest BCUT2D eigenvalue weighted by molar-refractivity contribution is 7.89. The molecule has 37 heavy (non-hydrogen) atoms. The van der Waals surface area contributed by atoms with Gasteiger partial charge in [0.05, 0.1) is 26.3 Å². The Morgan fingerprint density at radius 1 is 0.919 bits per heavy atom. The van der Waals surface area contributed by atoms with Crippen LogP contribution in [0, 0.1) is 10.1 Å². The van der Waals surface area contributed by atoms with Crippen molar-refractivity contribution in [2.45, 2.75) is 11.4 Å². The molecule has 1 saturated heterocycles. The van der Waals surface area contributed by atoms with Crippen LogP contribution in [0.3, 0.4) is 0 Å². The molecule has 0 saturated carbocycles. The first-order chi connectivity index (χ1) is 17.5. The molecule has 2 aromatic carbocycles. The third-order valence-electron chi connectivity index (χ3n) is 5.37. The van der Waals surface area contributed by atoms with E-state index >= 15 is 0 Å². The first-order valence-corrected chi connectivity index (χ1v) is 12.1. The fourth-order valence-corrected chi connectivity index (χ4v) is 5.13. The maximum Gasteiger partial charge on any atom is 0.414 e. The van der Waals surface area contributed by atoms with Crippen molar-refractivity contribution < 1.29 is 47.4 Å². The van der Waals surface area contributed by atoms with Crippen LogP contribution in [0.5, 0.6) is 17.2 Å². The van der Waals surface area contributed by atoms with E-state index in [0.717, 1.165) is 5.56 Å². The number of ether oxygens (including phenoxy) is 3. The first-order valence-electron chi connectivity index (χ1n) is 10.7. The summed E-state index contributed by atoms with van der Waals surface area (Å²) in [4.78, 5) is 30.6. The number of sulfonamides is 1. The van der Waals surface area contributed by atoms with Crippen LogP contribution in [-0.4, -0.2) is 92.2 Å². The second-order valence-electron chi connectivity index (χ2n) is 7.53. The topological polar surface area (TPSA) is 186 Å². The third-order valence-corrected chi connectivity index (χ3v) is 7.32. The molecule has 1 aliphatic rings. The van der Waals surface area contributed by atoms with Crippen LogP contribution in [-0.2, 0) is 26.2 Å². The molecule has 0 aromatic heterocycles. The zero-order valence-corrected chi connectivity index (χ0v) is 21.1. The Labute approximate surface area is 212 Å². The summed E-state index contributed by atoms with van der Waals surface area (Å²) in [6.45, 7) is 1.92. The molecule has 0 radical (unpaired) electrons. The van der Waals surface area contributed by atoms with Gasteiger partial charge < -0.3 is 24.4 Å². The lowest BCUT2D eigenvalue weighted by atomic mass is 10.1. The van der Waals surface area contributed by atoms with E-state index in [1.54, 1.807) is 27.4 Å². The molecular formula is C22H27N3O11S. The number of carboxylic acids is 2. The molecule has 0 aliphatic carbocycles. The Morgan fingerprint density at radius 3 is 1.92 bits per heavy atom. The van der Waals surface area contributed by atoms with Gasteiger partial charge >= 0.3 is 11.9 Å². The fourth-order valence-electron chi connectivity index (χ4n) is 3.55. The van der Waals surface area contributed by atoms with Gasteiger partial charge in [0.2, 0.25) is 10.0 Å². The number of nitro groups is 1. The summed E-state index contributed by atoms with van der Waals surface area (Å²) < 4.78 is 43.4. The average molecular weight is 542 g/mol. The molecule has 1 heterocycles. The zero-order valence-electron chi connectivity index (χ0n) is 20.3. The van der Waals surface area contributed by atoms with Crippen molar-refractivity contribution in [3.05, 3.63) is 52.1 Å². The second kappa shape index (κ2) is 12.8. The predicted molar refractivity (Wildman–Crippen MR) is 129 cm³/mol. The highest BCUT2D eigenvalue weighted by Crippen LogP contribution is 2.35. The van der Waals surface area contributed by atoms with Gasteiger partial charge in [-0.1, -0.05) is 12.1 Å². The number of nitrogens with zero attached hydrogens (tertiary/aromatic N) is 3. The maximum atomic E-state index is 13.0. The number of carboxylic acid groups (broad SMARTS) is 2. The SMILES string of the molecule is COc1cc(OC)c(OC)cc1CN1CCN(S(=O)(=O)c2ccccc2[N+](=O)[O-])CC1.O=C(O)C(=O)O. The molecule has 0 spiro atoms. The molecule has 0 unspecified atom stereocenters. The summed E-state index contributed by atoms with van der Waals surface area (Å²) in [6, 6.07) is 9.00. The van der Waals surface area contributed by atoms with Crippen molar-refractivity contribution in [1.82, 2.24) is 9.21 Å². The molecule has 202 valence electrons. The van der Waals surface area contributed by atoms with E-state index in [4.69, 9.17) is 34.0 Å². The van der Waals surface area contributed by atoms with Gasteiger partial charge in [0.1, 0.15) is 5.75 Å². The van der Waals surface area contributed by atoms with Gasteiger partial charge in [0.15, 0.2) is 16.4 Å². The van der Waals surface area contributed by atoms with Crippen LogP contribution in [0.2, 0.25) is 0 Å². The van der Waals surface area contributed by atoms with Gasteiger partial charge in [0, 0.05) is 50.4 Å². The van der Waals surface area contributed by atoms with E-state index < -0.39 is 32.6 Å². The van der Waals surface area contributed by atoms with Gasteiger partial charge in [-0.05, 0) is 12.1 Å². The molecular weight excluding hydrogens is 514 g/mol. The molecule has 1 fully saturated rings. The predicted octanol–water partition coefficient (Wildman–Crippen LogP) is 1.28. The number of aliphatic carboxylic acids is 2. The molecule has 0 amide bonds. The minimum Gasteiger partial charge on any atom is -0.496 e. The number of para-hydroxylation sites is 1. The third kappa shape index (κ3) is 7.28. The summed E-state index contributed by atoms with van der Waals surface area (Å²) >= 11 is 0. The molecule has 2 aromatic rings. The largest absolute Gasteiger partial charge is 0.496 e. The van der Waals surface area contributed by atoms with E-state index in [0.29, 0.717) is 36.9 Å². The van der Waals surface area contributed by atoms with Crippen LogP contribution in [0.15, 0.2) is 41.3 Å². The van der Waals surface area contributed by atoms with E-state index in [9.17, 15) is 18.5 Å². The Balaban J connectivity index is 0.000000717. The lowest BCUT2D eigenvalue weighted by Gasteiger charge is -2.34. The van der Waals surface area contributed by atoms with Gasteiger partial charge in [-0.2, -0.15) is 4.31 Å². The number of rotatable bonds is 8. The normalized spacial score (nSPS) is 14.1. The van der Waals surface area contributed by atoms with Gasteiger partial charge in [-0.25, -0.2) is 18.0 Å². The van der Waals surface area contributed by atoms with Crippen LogP contribution < -0.4 is 14.2 Å². The van der Waals surface area contributed by atoms with Gasteiger partial charge in [0.25, 0.3) is 5.69 Å². The summed E-state index contributed by atoms with van der Waals surface area (Å²) in [6.07, 6.45) is 0. The maximum absolute atomic E-state index is 13.0. The van der Waals surface area contributed by atoms with Crippen LogP contribution in [0.1, 0.15) is 5.56 Å². The summed E-state index contributed by atoms with van der Waals surface area (Å²) in [7, 11) is 0.714. The van der Waals surface area contributed by atoms with E-state index in [1.807, 2.05) is 6.07 Å². The smallest absolute Gasteiger partial charge is 0.414 e. The Kier molecular flexibility index (Phi) is 10.2. The molecule has 14 nitrogen and oxygen atoms in total. The Morgan fingerprint density at radius 2 is 1.43 bits per heavy atom. The fraction of sp³-hybridized carbons (Fsp3) is 0.364. The van der Waals surface area contributed by atoms with Crippen molar-refractivity contribution in [2.75, 3.05) is 47.5 Å². The molecule has 2 N–H and O–H groups in total. The molecule has 15 heteroatoms. The van der Waals surface area contributed by atoms with Crippen molar-refractivity contribution in [3.63, 3.8) is 0 Å². The lowest BCUT2D eigenvalue weighted by molar-refractivity contribution is -0.387. The molecule has 1 aliphatic heterocycles. The van der Waals surface area contributed by atoms with Crippen LogP contribution in [0.25, 0.3) is 0 Å². The highest BCUT2D eigenvalue weighted by Gasteiger charge is 2.33. The van der Waals surface area contributed by atoms with Crippen molar-refractivity contribution in [3.8, 4) is 17.2 Å². The average Bonchev–Trinajstić information content (AvgIpc) is 2.88. The van der Waals surface area contributed by atoms with Crippen LogP contribution >= 0.6 is 0 Å². The van der Waals surface area contributed by atoms with Crippen molar-refractivity contribution in [2.24, 2.45) is 0 Å². The van der Waals surface area contributed by atoms with Crippen molar-refractivity contribution >= 4 is 27.6 Å². The molecule has 3 rings (SSSR count). The number of hydrogen-bond acceptors (Lipinski definition) is 10. The van der Waals surface area contributed by atoms with Gasteiger partial charge in [-0.3, -0.25) is 15.0 Å². The minimum absolute atomic E-state index is 0.226. The standard InChI is InChI=1S/C20H25N3O7S.C2H2O4/c1-28-17-13-19(30-3)18(29-2)12-15(17)14-21-8-10-22(11-9-21)31(26,27)20-7-5-4-6-16(20)23(24)25;3-1(4)2(5)6/h4-7,12-13H,8-11,14H2,1-3H3;(H,3,4)(H,5,6). The van der Waals surface area contributed by atoms with E-state index in [1.165, 1.54) is 28.6 Å². The van der Waals surface area contributed by atoms with Gasteiger partial charge in [-0.15, -0.1) is 0 Å². The number of hydrogen-bond donors (Lipinski definition) is 2. The Bertz CT molecular complexity index is 1230. The number of nitro benzene ring substituents is 1. The van der Waals surface area contributed by atoms with Crippen LogP contribution in [0.4, 0.5) is 5.69 Å². The van der Waals surface area contributed by atoms with E-state index in [-0.39, 0.29) is 18.0 Å². The number of carbonyl (C=O) groups is 2. The minimum atomic E-state index is -3.96. The number of benzene rings is 2. The number of methoxy groups -OCH3 is 3. The zero-order chi connectivity index (χ0) is 27.8. The summed E-state index contributed by atoms with van der Waals surface area (Å²) in [5.41, 5.74) is 0.468. The molecule has 0 bridgehead atoms. The second-order valence-corrected chi connectivity index (χ2v) is 9.44. The lowest BCUT2D eigenvalue weighted by Crippen LogP contribution is -2.48. The first kappa shape index (κ1) is 29.3. The quantitative estimate of drug-likeness (QED) is 0.277. The van der Waals surface area contributed by atoms with Crippen molar-refractivity contribution in [1.29, 1.82) is 0 Å². The van der Waals surface area contributed by atoms with E-state index in [2.05, 4.69) is 4.90 Å². The monoisotopic (exact) mass is 541 g/mol. The summed E-state index contributed by atoms with van der Waals surface area (Å²) in [5, 5.41) is 26.0. The molecule has 0 atom stereocenters. The highest BCUT2D eigenvalue weighted by atomic mass is 32.2. The number of piperazine rings is 1. The Hall–Kier alpha value is -3.95.